The largest absolute Gasteiger partial charge is 0.468 e. The molecule has 0 aromatic heterocycles. The van der Waals surface area contributed by atoms with E-state index in [-0.39, 0.29) is 24.8 Å². The molecule has 18 heavy (non-hydrogen) atoms. The maximum absolute atomic E-state index is 12.6. The summed E-state index contributed by atoms with van der Waals surface area (Å²) in [7, 11) is 2.91. The minimum absolute atomic E-state index is 0.0351. The van der Waals surface area contributed by atoms with E-state index in [2.05, 4.69) is 10.1 Å². The number of likely N-dealkylation sites (N-methyl/N-ethyl adjacent to an activating group) is 1. The Morgan fingerprint density at radius 2 is 1.89 bits per heavy atom. The van der Waals surface area contributed by atoms with Crippen molar-refractivity contribution < 1.29 is 18.7 Å². The highest BCUT2D eigenvalue weighted by Crippen LogP contribution is 2.07. The Kier molecular flexibility index (Phi) is 5.26. The average Bonchev–Trinajstić information content (AvgIpc) is 2.31. The molecule has 0 bridgehead atoms. The molecule has 0 spiro atoms. The molecule has 1 N–H and O–H groups in total. The summed E-state index contributed by atoms with van der Waals surface area (Å²) in [5.74, 6) is -1.06. The Hall–Kier alpha value is -1.95. The summed E-state index contributed by atoms with van der Waals surface area (Å²) in [6.07, 6.45) is 0. The molecule has 1 rings (SSSR count). The number of benzene rings is 1. The van der Waals surface area contributed by atoms with Crippen LogP contribution in [0.2, 0.25) is 0 Å². The number of ether oxygens (including phenoxy) is 1. The van der Waals surface area contributed by atoms with E-state index >= 15 is 0 Å². The zero-order chi connectivity index (χ0) is 13.5. The van der Waals surface area contributed by atoms with Gasteiger partial charge in [0.25, 0.3) is 0 Å². The number of anilines is 1. The van der Waals surface area contributed by atoms with Gasteiger partial charge in [0.2, 0.25) is 5.91 Å². The molecule has 6 heteroatoms. The van der Waals surface area contributed by atoms with Crippen molar-refractivity contribution >= 4 is 17.6 Å². The Balaban J connectivity index is 2.41. The molecule has 0 unspecified atom stereocenters. The van der Waals surface area contributed by atoms with Crippen LogP contribution in [0, 0.1) is 5.82 Å². The second-order valence-electron chi connectivity index (χ2n) is 3.80. The second-order valence-corrected chi connectivity index (χ2v) is 3.80. The number of halogens is 1. The molecule has 0 saturated heterocycles. The molecular weight excluding hydrogens is 239 g/mol. The Bertz CT molecular complexity index is 420. The summed E-state index contributed by atoms with van der Waals surface area (Å²) in [5.41, 5.74) is 0.507. The number of carbonyl (C=O) groups is 2. The SMILES string of the molecule is COC(=O)CN(C)CC(=O)Nc1ccc(F)cc1. The smallest absolute Gasteiger partial charge is 0.319 e. The van der Waals surface area contributed by atoms with Crippen molar-refractivity contribution in [2.45, 2.75) is 0 Å². The van der Waals surface area contributed by atoms with Gasteiger partial charge in [-0.2, -0.15) is 0 Å². The van der Waals surface area contributed by atoms with E-state index in [0.717, 1.165) is 0 Å². The topological polar surface area (TPSA) is 58.6 Å². The van der Waals surface area contributed by atoms with E-state index in [1.54, 1.807) is 7.05 Å². The van der Waals surface area contributed by atoms with Gasteiger partial charge < -0.3 is 10.1 Å². The second kappa shape index (κ2) is 6.70. The number of nitrogens with one attached hydrogen (secondary N) is 1. The molecule has 0 aliphatic rings. The maximum Gasteiger partial charge on any atom is 0.319 e. The van der Waals surface area contributed by atoms with Crippen molar-refractivity contribution in [1.82, 2.24) is 4.90 Å². The van der Waals surface area contributed by atoms with Crippen LogP contribution in [0.25, 0.3) is 0 Å². The fraction of sp³-hybridized carbons (Fsp3) is 0.333. The fourth-order valence-corrected chi connectivity index (χ4v) is 1.32. The van der Waals surface area contributed by atoms with Gasteiger partial charge in [-0.15, -0.1) is 0 Å². The number of nitrogens with zero attached hydrogens (tertiary/aromatic N) is 1. The first-order valence-electron chi connectivity index (χ1n) is 5.32. The molecule has 0 radical (unpaired) electrons. The zero-order valence-electron chi connectivity index (χ0n) is 10.3. The number of methoxy groups -OCH3 is 1. The molecule has 0 saturated carbocycles. The van der Waals surface area contributed by atoms with Crippen LogP contribution in [0.4, 0.5) is 10.1 Å². The number of rotatable bonds is 5. The van der Waals surface area contributed by atoms with Crippen molar-refractivity contribution in [3.8, 4) is 0 Å². The van der Waals surface area contributed by atoms with Crippen molar-refractivity contribution in [3.05, 3.63) is 30.1 Å². The number of esters is 1. The highest BCUT2D eigenvalue weighted by molar-refractivity contribution is 5.92. The number of hydrogen-bond donors (Lipinski definition) is 1. The number of carbonyl (C=O) groups excluding carboxylic acids is 2. The normalized spacial score (nSPS) is 10.2. The molecule has 0 fully saturated rings. The fourth-order valence-electron chi connectivity index (χ4n) is 1.32. The lowest BCUT2D eigenvalue weighted by molar-refractivity contribution is -0.141. The van der Waals surface area contributed by atoms with Crippen molar-refractivity contribution in [1.29, 1.82) is 0 Å². The van der Waals surface area contributed by atoms with Crippen molar-refractivity contribution in [2.75, 3.05) is 32.6 Å². The molecule has 0 heterocycles. The molecule has 0 atom stereocenters. The standard InChI is InChI=1S/C12H15FN2O3/c1-15(8-12(17)18-2)7-11(16)14-10-5-3-9(13)4-6-10/h3-6H,7-8H2,1-2H3,(H,14,16). The number of hydrogen-bond acceptors (Lipinski definition) is 4. The van der Waals surface area contributed by atoms with Gasteiger partial charge in [-0.3, -0.25) is 14.5 Å². The minimum atomic E-state index is -0.410. The summed E-state index contributed by atoms with van der Waals surface area (Å²) >= 11 is 0. The first-order chi connectivity index (χ1) is 8.51. The van der Waals surface area contributed by atoms with Crippen LogP contribution < -0.4 is 5.32 Å². The summed E-state index contributed by atoms with van der Waals surface area (Å²) in [4.78, 5) is 24.1. The summed E-state index contributed by atoms with van der Waals surface area (Å²) in [5, 5.41) is 2.59. The highest BCUT2D eigenvalue weighted by atomic mass is 19.1. The molecule has 1 aromatic carbocycles. The quantitative estimate of drug-likeness (QED) is 0.792. The van der Waals surface area contributed by atoms with Crippen LogP contribution in [-0.4, -0.2) is 44.0 Å². The maximum atomic E-state index is 12.6. The van der Waals surface area contributed by atoms with E-state index in [1.807, 2.05) is 0 Å². The third kappa shape index (κ3) is 4.92. The van der Waals surface area contributed by atoms with E-state index in [4.69, 9.17) is 0 Å². The lowest BCUT2D eigenvalue weighted by Gasteiger charge is -2.14. The van der Waals surface area contributed by atoms with E-state index in [9.17, 15) is 14.0 Å². The molecule has 5 nitrogen and oxygen atoms in total. The van der Waals surface area contributed by atoms with Crippen LogP contribution in [0.15, 0.2) is 24.3 Å². The van der Waals surface area contributed by atoms with Gasteiger partial charge in [0.05, 0.1) is 20.2 Å². The lowest BCUT2D eigenvalue weighted by Crippen LogP contribution is -2.34. The summed E-state index contributed by atoms with van der Waals surface area (Å²) in [6, 6.07) is 5.45. The molecule has 98 valence electrons. The molecular formula is C12H15FN2O3. The minimum Gasteiger partial charge on any atom is -0.468 e. The summed E-state index contributed by atoms with van der Waals surface area (Å²) in [6.45, 7) is 0.0831. The van der Waals surface area contributed by atoms with Gasteiger partial charge in [-0.25, -0.2) is 4.39 Å². The third-order valence-corrected chi connectivity index (χ3v) is 2.17. The van der Waals surface area contributed by atoms with Crippen LogP contribution in [0.5, 0.6) is 0 Å². The van der Waals surface area contributed by atoms with E-state index < -0.39 is 5.97 Å². The highest BCUT2D eigenvalue weighted by Gasteiger charge is 2.10. The Labute approximate surface area is 105 Å². The molecule has 1 amide bonds. The van der Waals surface area contributed by atoms with Gasteiger partial charge in [0.15, 0.2) is 0 Å². The molecule has 0 aliphatic carbocycles. The van der Waals surface area contributed by atoms with Gasteiger partial charge in [-0.05, 0) is 31.3 Å². The third-order valence-electron chi connectivity index (χ3n) is 2.17. The van der Waals surface area contributed by atoms with Crippen LogP contribution in [-0.2, 0) is 14.3 Å². The van der Waals surface area contributed by atoms with E-state index in [0.29, 0.717) is 5.69 Å². The lowest BCUT2D eigenvalue weighted by atomic mass is 10.3. The predicted octanol–water partition coefficient (Wildman–Crippen LogP) is 0.869. The predicted molar refractivity (Wildman–Crippen MR) is 64.5 cm³/mol. The monoisotopic (exact) mass is 254 g/mol. The first kappa shape index (κ1) is 14.1. The first-order valence-corrected chi connectivity index (χ1v) is 5.32. The average molecular weight is 254 g/mol. The number of amides is 1. The van der Waals surface area contributed by atoms with E-state index in [1.165, 1.54) is 36.3 Å². The van der Waals surface area contributed by atoms with Crippen molar-refractivity contribution in [3.63, 3.8) is 0 Å². The Morgan fingerprint density at radius 3 is 2.44 bits per heavy atom. The van der Waals surface area contributed by atoms with Crippen LogP contribution in [0.1, 0.15) is 0 Å². The van der Waals surface area contributed by atoms with Crippen LogP contribution >= 0.6 is 0 Å². The summed E-state index contributed by atoms with van der Waals surface area (Å²) < 4.78 is 17.1. The Morgan fingerprint density at radius 1 is 1.28 bits per heavy atom. The van der Waals surface area contributed by atoms with Gasteiger partial charge in [-0.1, -0.05) is 0 Å². The molecule has 0 aliphatic heterocycles. The van der Waals surface area contributed by atoms with Gasteiger partial charge in [0.1, 0.15) is 5.82 Å². The van der Waals surface area contributed by atoms with Crippen molar-refractivity contribution in [2.24, 2.45) is 0 Å². The van der Waals surface area contributed by atoms with Gasteiger partial charge >= 0.3 is 5.97 Å². The van der Waals surface area contributed by atoms with Gasteiger partial charge in [0, 0.05) is 5.69 Å². The van der Waals surface area contributed by atoms with Crippen LogP contribution in [0.3, 0.4) is 0 Å². The molecule has 1 aromatic rings. The zero-order valence-corrected chi connectivity index (χ0v) is 10.3.